The third kappa shape index (κ3) is 5.05. The van der Waals surface area contributed by atoms with E-state index in [2.05, 4.69) is 10.6 Å². The van der Waals surface area contributed by atoms with E-state index in [4.69, 9.17) is 19.6 Å². The number of amides is 1. The average Bonchev–Trinajstić information content (AvgIpc) is 3.44. The number of hydrogen-bond acceptors (Lipinski definition) is 6. The van der Waals surface area contributed by atoms with Crippen molar-refractivity contribution in [3.8, 4) is 17.1 Å². The number of nitrogens with one attached hydrogen (secondary N) is 2. The number of nitrogens with zero attached hydrogens (tertiary/aromatic N) is 3. The van der Waals surface area contributed by atoms with Gasteiger partial charge in [-0.3, -0.25) is 9.48 Å². The number of carbonyl (C=O) groups is 1. The third-order valence-electron chi connectivity index (χ3n) is 7.61. The second-order valence-electron chi connectivity index (χ2n) is 10.5. The maximum Gasteiger partial charge on any atom is 0.251 e. The Morgan fingerprint density at radius 2 is 1.81 bits per heavy atom. The van der Waals surface area contributed by atoms with Gasteiger partial charge in [0.25, 0.3) is 5.91 Å². The van der Waals surface area contributed by atoms with E-state index in [1.165, 1.54) is 12.8 Å². The monoisotopic (exact) mass is 489 g/mol. The molecule has 3 aromatic rings. The number of benzene rings is 1. The van der Waals surface area contributed by atoms with Crippen molar-refractivity contribution in [1.29, 1.82) is 0 Å². The Morgan fingerprint density at radius 3 is 2.53 bits per heavy atom. The molecule has 6 rings (SSSR count). The fraction of sp³-hybridized carbons (Fsp3) is 0.536. The molecule has 0 bridgehead atoms. The van der Waals surface area contributed by atoms with Gasteiger partial charge in [-0.15, -0.1) is 0 Å². The number of hydrogen-bond donors (Lipinski definition) is 2. The highest BCUT2D eigenvalue weighted by Gasteiger charge is 2.25. The maximum absolute atomic E-state index is 12.5. The summed E-state index contributed by atoms with van der Waals surface area (Å²) in [7, 11) is 1.95. The average molecular weight is 490 g/mol. The van der Waals surface area contributed by atoms with Crippen molar-refractivity contribution in [3.05, 3.63) is 35.9 Å². The van der Waals surface area contributed by atoms with Gasteiger partial charge in [-0.1, -0.05) is 12.1 Å². The predicted molar refractivity (Wildman–Crippen MR) is 139 cm³/mol. The molecule has 2 saturated carbocycles. The third-order valence-corrected chi connectivity index (χ3v) is 7.61. The Labute approximate surface area is 211 Å². The van der Waals surface area contributed by atoms with E-state index >= 15 is 0 Å². The van der Waals surface area contributed by atoms with Gasteiger partial charge in [-0.25, -0.2) is 4.98 Å². The molecule has 3 heterocycles. The number of carbonyl (C=O) groups excluding carboxylic acids is 1. The molecule has 1 aromatic carbocycles. The Hall–Kier alpha value is -3.13. The number of aromatic nitrogens is 3. The molecule has 1 amide bonds. The van der Waals surface area contributed by atoms with Crippen LogP contribution in [0, 0.1) is 5.92 Å². The van der Waals surface area contributed by atoms with Crippen molar-refractivity contribution in [2.45, 2.75) is 63.5 Å². The first kappa shape index (κ1) is 23.3. The van der Waals surface area contributed by atoms with Gasteiger partial charge in [0.1, 0.15) is 17.1 Å². The van der Waals surface area contributed by atoms with Crippen molar-refractivity contribution in [2.75, 3.05) is 25.1 Å². The topological polar surface area (TPSA) is 90.3 Å². The molecular formula is C28H35N5O3. The van der Waals surface area contributed by atoms with E-state index in [0.29, 0.717) is 23.4 Å². The summed E-state index contributed by atoms with van der Waals surface area (Å²) < 4.78 is 13.8. The molecule has 8 nitrogen and oxygen atoms in total. The normalized spacial score (nSPS) is 19.0. The molecule has 1 saturated heterocycles. The van der Waals surface area contributed by atoms with E-state index in [0.717, 1.165) is 86.3 Å². The van der Waals surface area contributed by atoms with Crippen LogP contribution in [0.4, 0.5) is 5.69 Å². The summed E-state index contributed by atoms with van der Waals surface area (Å²) >= 11 is 0. The van der Waals surface area contributed by atoms with Gasteiger partial charge in [0.15, 0.2) is 0 Å². The highest BCUT2D eigenvalue weighted by Crippen LogP contribution is 2.35. The number of pyridine rings is 1. The molecule has 1 aliphatic heterocycles. The van der Waals surface area contributed by atoms with Crippen LogP contribution in [0.2, 0.25) is 0 Å². The maximum atomic E-state index is 12.5. The minimum Gasteiger partial charge on any atom is -0.474 e. The first-order valence-electron chi connectivity index (χ1n) is 13.4. The fourth-order valence-corrected chi connectivity index (χ4v) is 5.31. The summed E-state index contributed by atoms with van der Waals surface area (Å²) in [6.45, 7) is 2.54. The molecule has 0 spiro atoms. The second-order valence-corrected chi connectivity index (χ2v) is 10.5. The summed E-state index contributed by atoms with van der Waals surface area (Å²) in [5.74, 6) is 1.22. The van der Waals surface area contributed by atoms with Gasteiger partial charge < -0.3 is 20.1 Å². The molecule has 2 aromatic heterocycles. The van der Waals surface area contributed by atoms with Crippen LogP contribution < -0.4 is 15.4 Å². The first-order chi connectivity index (χ1) is 17.6. The van der Waals surface area contributed by atoms with E-state index in [-0.39, 0.29) is 12.0 Å². The van der Waals surface area contributed by atoms with Gasteiger partial charge in [0, 0.05) is 50.0 Å². The van der Waals surface area contributed by atoms with Crippen LogP contribution in [0.25, 0.3) is 22.3 Å². The first-order valence-corrected chi connectivity index (χ1v) is 13.4. The number of rotatable bonds is 8. The number of ether oxygens (including phenoxy) is 2. The lowest BCUT2D eigenvalue weighted by Gasteiger charge is -2.23. The molecule has 0 radical (unpaired) electrons. The zero-order chi connectivity index (χ0) is 24.5. The molecule has 190 valence electrons. The highest BCUT2D eigenvalue weighted by molar-refractivity contribution is 5.99. The molecule has 0 unspecified atom stereocenters. The molecule has 36 heavy (non-hydrogen) atoms. The Kier molecular flexibility index (Phi) is 6.52. The molecule has 2 aliphatic carbocycles. The highest BCUT2D eigenvalue weighted by atomic mass is 16.5. The number of anilines is 1. The molecular weight excluding hydrogens is 454 g/mol. The van der Waals surface area contributed by atoms with Crippen molar-refractivity contribution in [2.24, 2.45) is 13.0 Å². The van der Waals surface area contributed by atoms with Gasteiger partial charge in [0.05, 0.1) is 11.4 Å². The standard InChI is InChI=1S/C28H35N5O3/c1-33-27(19-6-8-20(9-7-19)28(34)30-21-10-11-21)26-25(32-33)23(29-17-18-12-14-35-15-13-18)16-24(31-26)36-22-4-2-3-5-22/h6-9,16,18,21-22,29H,2-5,10-15,17H2,1H3,(H,30,34). The zero-order valence-electron chi connectivity index (χ0n) is 21.0. The lowest BCUT2D eigenvalue weighted by Crippen LogP contribution is -2.25. The van der Waals surface area contributed by atoms with Gasteiger partial charge in [-0.05, 0) is 69.4 Å². The van der Waals surface area contributed by atoms with Crippen LogP contribution in [-0.2, 0) is 11.8 Å². The fourth-order valence-electron chi connectivity index (χ4n) is 5.31. The zero-order valence-corrected chi connectivity index (χ0v) is 21.0. The van der Waals surface area contributed by atoms with Crippen LogP contribution in [0.5, 0.6) is 5.88 Å². The lowest BCUT2D eigenvalue weighted by atomic mass is 10.0. The van der Waals surface area contributed by atoms with Crippen LogP contribution in [-0.4, -0.2) is 52.6 Å². The van der Waals surface area contributed by atoms with Crippen molar-refractivity contribution < 1.29 is 14.3 Å². The minimum atomic E-state index is -0.0103. The van der Waals surface area contributed by atoms with Crippen molar-refractivity contribution in [3.63, 3.8) is 0 Å². The number of aryl methyl sites for hydroxylation is 1. The quantitative estimate of drug-likeness (QED) is 0.477. The summed E-state index contributed by atoms with van der Waals surface area (Å²) in [5, 5.41) is 11.6. The van der Waals surface area contributed by atoms with Crippen LogP contribution in [0.15, 0.2) is 30.3 Å². The van der Waals surface area contributed by atoms with Gasteiger partial charge >= 0.3 is 0 Å². The summed E-state index contributed by atoms with van der Waals surface area (Å²) in [6, 6.07) is 10.1. The second kappa shape index (κ2) is 10.1. The van der Waals surface area contributed by atoms with Crippen LogP contribution >= 0.6 is 0 Å². The van der Waals surface area contributed by atoms with Gasteiger partial charge in [-0.2, -0.15) is 5.10 Å². The Balaban J connectivity index is 1.32. The SMILES string of the molecule is Cn1nc2c(NCC3CCOCC3)cc(OC3CCCC3)nc2c1-c1ccc(C(=O)NC2CC2)cc1. The summed E-state index contributed by atoms with van der Waals surface area (Å²) in [5.41, 5.74) is 5.19. The molecule has 0 atom stereocenters. The van der Waals surface area contributed by atoms with E-state index < -0.39 is 0 Å². The van der Waals surface area contributed by atoms with Crippen molar-refractivity contribution >= 4 is 22.6 Å². The summed E-state index contributed by atoms with van der Waals surface area (Å²) in [6.07, 6.45) is 9.09. The minimum absolute atomic E-state index is 0.0103. The summed E-state index contributed by atoms with van der Waals surface area (Å²) in [4.78, 5) is 17.4. The van der Waals surface area contributed by atoms with Crippen LogP contribution in [0.3, 0.4) is 0 Å². The van der Waals surface area contributed by atoms with Crippen molar-refractivity contribution in [1.82, 2.24) is 20.1 Å². The van der Waals surface area contributed by atoms with Crippen LogP contribution in [0.1, 0.15) is 61.7 Å². The predicted octanol–water partition coefficient (Wildman–Crippen LogP) is 4.69. The molecule has 2 N–H and O–H groups in total. The Morgan fingerprint density at radius 1 is 1.06 bits per heavy atom. The largest absolute Gasteiger partial charge is 0.474 e. The molecule has 8 heteroatoms. The van der Waals surface area contributed by atoms with Gasteiger partial charge in [0.2, 0.25) is 5.88 Å². The molecule has 3 aliphatic rings. The van der Waals surface area contributed by atoms with E-state index in [1.807, 2.05) is 42.1 Å². The lowest BCUT2D eigenvalue weighted by molar-refractivity contribution is 0.0699. The smallest absolute Gasteiger partial charge is 0.251 e. The Bertz CT molecular complexity index is 1220. The van der Waals surface area contributed by atoms with E-state index in [1.54, 1.807) is 0 Å². The number of fused-ring (bicyclic) bond motifs is 1. The molecule has 3 fully saturated rings. The van der Waals surface area contributed by atoms with E-state index in [9.17, 15) is 4.79 Å².